The molecule has 1 amide bonds. The number of amides is 1. The molecule has 1 aromatic heterocycles. The molecule has 6 heteroatoms. The fourth-order valence-electron chi connectivity index (χ4n) is 4.11. The van der Waals surface area contributed by atoms with Crippen molar-refractivity contribution in [2.75, 3.05) is 4.90 Å². The zero-order valence-electron chi connectivity index (χ0n) is 19.3. The van der Waals surface area contributed by atoms with Crippen LogP contribution in [0.1, 0.15) is 55.0 Å². The number of phenols is 1. The molecule has 2 N–H and O–H groups in total. The predicted molar refractivity (Wildman–Crippen MR) is 126 cm³/mol. The molecule has 2 heterocycles. The van der Waals surface area contributed by atoms with E-state index in [0.717, 1.165) is 11.1 Å². The fraction of sp³-hybridized carbons (Fsp3) is 0.259. The molecule has 1 unspecified atom stereocenters. The Morgan fingerprint density at radius 2 is 1.70 bits per heavy atom. The summed E-state index contributed by atoms with van der Waals surface area (Å²) in [5.41, 5.74) is 2.14. The molecule has 6 nitrogen and oxygen atoms in total. The lowest BCUT2D eigenvalue weighted by atomic mass is 9.84. The number of Topliss-reactive ketones (excluding diaryl/α,β-unsaturated/α-hetero) is 1. The van der Waals surface area contributed by atoms with Crippen LogP contribution in [0.4, 0.5) is 5.69 Å². The Labute approximate surface area is 192 Å². The number of furan rings is 1. The first kappa shape index (κ1) is 22.4. The summed E-state index contributed by atoms with van der Waals surface area (Å²) in [5, 5.41) is 21.9. The van der Waals surface area contributed by atoms with E-state index in [1.54, 1.807) is 37.3 Å². The fourth-order valence-corrected chi connectivity index (χ4v) is 4.11. The van der Waals surface area contributed by atoms with E-state index in [9.17, 15) is 19.8 Å². The SMILES string of the molecule is Cc1ccc(C2/C(=C(\O)c3cc(C(C)(C)C)ccc3C)C(=O)C(=O)N2c2ccccc2O)o1. The molecule has 0 saturated carbocycles. The molecule has 170 valence electrons. The Balaban J connectivity index is 1.99. The second-order valence-corrected chi connectivity index (χ2v) is 9.39. The van der Waals surface area contributed by atoms with Crippen molar-refractivity contribution in [1.29, 1.82) is 0 Å². The van der Waals surface area contributed by atoms with E-state index in [4.69, 9.17) is 4.42 Å². The van der Waals surface area contributed by atoms with Crippen molar-refractivity contribution in [2.45, 2.75) is 46.1 Å². The van der Waals surface area contributed by atoms with Crippen LogP contribution in [-0.4, -0.2) is 21.9 Å². The molecule has 1 aliphatic rings. The summed E-state index contributed by atoms with van der Waals surface area (Å²) in [5.74, 6) is -1.19. The van der Waals surface area contributed by atoms with Gasteiger partial charge in [-0.3, -0.25) is 14.5 Å². The van der Waals surface area contributed by atoms with E-state index in [2.05, 4.69) is 20.8 Å². The molecule has 33 heavy (non-hydrogen) atoms. The van der Waals surface area contributed by atoms with Gasteiger partial charge in [0.2, 0.25) is 0 Å². The molecule has 0 bridgehead atoms. The number of hydrogen-bond donors (Lipinski definition) is 2. The highest BCUT2D eigenvalue weighted by atomic mass is 16.3. The molecular formula is C27H27NO5. The van der Waals surface area contributed by atoms with Crippen LogP contribution < -0.4 is 4.90 Å². The van der Waals surface area contributed by atoms with Crippen molar-refractivity contribution >= 4 is 23.1 Å². The number of benzene rings is 2. The summed E-state index contributed by atoms with van der Waals surface area (Å²) in [6, 6.07) is 14.4. The number of anilines is 1. The molecule has 1 atom stereocenters. The van der Waals surface area contributed by atoms with Gasteiger partial charge in [-0.25, -0.2) is 0 Å². The van der Waals surface area contributed by atoms with Crippen LogP contribution >= 0.6 is 0 Å². The Bertz CT molecular complexity index is 1290. The topological polar surface area (TPSA) is 91.0 Å². The monoisotopic (exact) mass is 445 g/mol. The lowest BCUT2D eigenvalue weighted by Crippen LogP contribution is -2.29. The van der Waals surface area contributed by atoms with Crippen molar-refractivity contribution in [3.63, 3.8) is 0 Å². The van der Waals surface area contributed by atoms with E-state index in [1.165, 1.54) is 11.0 Å². The van der Waals surface area contributed by atoms with E-state index in [-0.39, 0.29) is 28.2 Å². The standard InChI is InChI=1S/C27H27NO5/c1-15-10-12-17(27(3,4)5)14-18(15)24(30)22-23(21-13-11-16(2)33-21)28(26(32)25(22)31)19-8-6-7-9-20(19)29/h6-14,23,29-30H,1-5H3/b24-22+. The maximum Gasteiger partial charge on any atom is 0.300 e. The molecule has 1 saturated heterocycles. The number of aromatic hydroxyl groups is 1. The summed E-state index contributed by atoms with van der Waals surface area (Å²) in [7, 11) is 0. The van der Waals surface area contributed by atoms with E-state index in [0.29, 0.717) is 17.1 Å². The van der Waals surface area contributed by atoms with Gasteiger partial charge in [0.05, 0.1) is 11.3 Å². The number of carbonyl (C=O) groups excluding carboxylic acids is 2. The number of aliphatic hydroxyl groups is 1. The van der Waals surface area contributed by atoms with Crippen LogP contribution in [0.15, 0.2) is 64.6 Å². The molecule has 1 aliphatic heterocycles. The molecule has 4 rings (SSSR count). The molecule has 0 spiro atoms. The third-order valence-corrected chi connectivity index (χ3v) is 5.98. The highest BCUT2D eigenvalue weighted by molar-refractivity contribution is 6.51. The summed E-state index contributed by atoms with van der Waals surface area (Å²) in [6.07, 6.45) is 0. The molecule has 0 radical (unpaired) electrons. The van der Waals surface area contributed by atoms with Crippen LogP contribution in [0.2, 0.25) is 0 Å². The lowest BCUT2D eigenvalue weighted by Gasteiger charge is -2.24. The number of carbonyl (C=O) groups is 2. The smallest absolute Gasteiger partial charge is 0.300 e. The quantitative estimate of drug-likeness (QED) is 0.314. The average Bonchev–Trinajstić information content (AvgIpc) is 3.29. The third-order valence-electron chi connectivity index (χ3n) is 5.98. The second-order valence-electron chi connectivity index (χ2n) is 9.39. The second kappa shape index (κ2) is 7.96. The maximum absolute atomic E-state index is 13.3. The van der Waals surface area contributed by atoms with Gasteiger partial charge >= 0.3 is 0 Å². The number of ketones is 1. The van der Waals surface area contributed by atoms with Crippen LogP contribution in [0, 0.1) is 13.8 Å². The van der Waals surface area contributed by atoms with Gasteiger partial charge in [-0.2, -0.15) is 0 Å². The number of para-hydroxylation sites is 2. The number of rotatable bonds is 3. The lowest BCUT2D eigenvalue weighted by molar-refractivity contribution is -0.132. The number of hydrogen-bond acceptors (Lipinski definition) is 5. The minimum Gasteiger partial charge on any atom is -0.507 e. The van der Waals surface area contributed by atoms with Crippen molar-refractivity contribution in [3.8, 4) is 5.75 Å². The summed E-state index contributed by atoms with van der Waals surface area (Å²) in [6.45, 7) is 9.78. The van der Waals surface area contributed by atoms with Gasteiger partial charge in [0, 0.05) is 5.56 Å². The number of phenolic OH excluding ortho intramolecular Hbond substituents is 1. The molecule has 0 aliphatic carbocycles. The number of aliphatic hydroxyl groups excluding tert-OH is 1. The van der Waals surface area contributed by atoms with Crippen LogP contribution in [0.5, 0.6) is 5.75 Å². The first-order valence-corrected chi connectivity index (χ1v) is 10.8. The number of aryl methyl sites for hydroxylation is 2. The minimum absolute atomic E-state index is 0.0771. The minimum atomic E-state index is -1.02. The van der Waals surface area contributed by atoms with Gasteiger partial charge in [-0.05, 0) is 60.7 Å². The average molecular weight is 446 g/mol. The largest absolute Gasteiger partial charge is 0.507 e. The highest BCUT2D eigenvalue weighted by Crippen LogP contribution is 2.45. The normalized spacial score (nSPS) is 18.2. The van der Waals surface area contributed by atoms with Crippen LogP contribution in [0.3, 0.4) is 0 Å². The van der Waals surface area contributed by atoms with Crippen molar-refractivity contribution in [1.82, 2.24) is 0 Å². The van der Waals surface area contributed by atoms with Crippen LogP contribution in [-0.2, 0) is 15.0 Å². The molecule has 2 aromatic carbocycles. The summed E-state index contributed by atoms with van der Waals surface area (Å²) in [4.78, 5) is 27.6. The number of nitrogens with zero attached hydrogens (tertiary/aromatic N) is 1. The Morgan fingerprint density at radius 1 is 1.00 bits per heavy atom. The van der Waals surface area contributed by atoms with Gasteiger partial charge in [-0.1, -0.05) is 45.0 Å². The summed E-state index contributed by atoms with van der Waals surface area (Å²) >= 11 is 0. The van der Waals surface area contributed by atoms with Crippen LogP contribution in [0.25, 0.3) is 5.76 Å². The molecule has 1 fully saturated rings. The van der Waals surface area contributed by atoms with Gasteiger partial charge in [0.1, 0.15) is 29.1 Å². The Morgan fingerprint density at radius 3 is 2.30 bits per heavy atom. The van der Waals surface area contributed by atoms with Gasteiger partial charge in [0.15, 0.2) is 0 Å². The Kier molecular flexibility index (Phi) is 5.40. The molecular weight excluding hydrogens is 418 g/mol. The van der Waals surface area contributed by atoms with Crippen molar-refractivity contribution in [2.24, 2.45) is 0 Å². The van der Waals surface area contributed by atoms with E-state index in [1.807, 2.05) is 25.1 Å². The van der Waals surface area contributed by atoms with Gasteiger partial charge in [0.25, 0.3) is 11.7 Å². The highest BCUT2D eigenvalue weighted by Gasteiger charge is 2.49. The first-order valence-electron chi connectivity index (χ1n) is 10.8. The summed E-state index contributed by atoms with van der Waals surface area (Å²) < 4.78 is 5.81. The van der Waals surface area contributed by atoms with E-state index < -0.39 is 17.7 Å². The van der Waals surface area contributed by atoms with Crippen molar-refractivity contribution in [3.05, 3.63) is 88.4 Å². The first-order chi connectivity index (χ1) is 15.5. The maximum atomic E-state index is 13.3. The zero-order chi connectivity index (χ0) is 24.1. The van der Waals surface area contributed by atoms with Crippen molar-refractivity contribution < 1.29 is 24.2 Å². The predicted octanol–water partition coefficient (Wildman–Crippen LogP) is 5.53. The van der Waals surface area contributed by atoms with Gasteiger partial charge in [-0.15, -0.1) is 0 Å². The third kappa shape index (κ3) is 3.82. The van der Waals surface area contributed by atoms with E-state index >= 15 is 0 Å². The Hall–Kier alpha value is -3.80. The molecule has 3 aromatic rings. The van der Waals surface area contributed by atoms with Gasteiger partial charge < -0.3 is 14.6 Å². The zero-order valence-corrected chi connectivity index (χ0v) is 19.3.